The van der Waals surface area contributed by atoms with E-state index in [0.29, 0.717) is 44.1 Å². The van der Waals surface area contributed by atoms with Crippen molar-refractivity contribution in [3.05, 3.63) is 53.6 Å². The lowest BCUT2D eigenvalue weighted by molar-refractivity contribution is -0.509. The molecule has 29 heteroatoms. The lowest BCUT2D eigenvalue weighted by atomic mass is 9.32. The van der Waals surface area contributed by atoms with E-state index in [-0.39, 0.29) is 36.5 Å². The summed E-state index contributed by atoms with van der Waals surface area (Å²) in [5.74, 6) is -5.69. The number of aliphatic hydroxyl groups is 10. The number of carbonyl (C=O) groups excluding carboxylic acids is 5. The minimum absolute atomic E-state index is 0.106. The van der Waals surface area contributed by atoms with Crippen LogP contribution in [0.15, 0.2) is 42.5 Å². The molecule has 10 aliphatic rings. The summed E-state index contributed by atoms with van der Waals surface area (Å²) >= 11 is 0. The summed E-state index contributed by atoms with van der Waals surface area (Å²) in [4.78, 5) is 82.4. The van der Waals surface area contributed by atoms with Gasteiger partial charge >= 0.3 is 23.9 Å². The summed E-state index contributed by atoms with van der Waals surface area (Å²) in [6.45, 7) is 21.2. The first-order valence-electron chi connectivity index (χ1n) is 36.3. The molecule has 35 atom stereocenters. The molecule has 9 fully saturated rings. The van der Waals surface area contributed by atoms with Crippen LogP contribution in [0.5, 0.6) is 0 Å². The maximum Gasteiger partial charge on any atom is 0.338 e. The van der Waals surface area contributed by atoms with Crippen LogP contribution in [0.2, 0.25) is 0 Å². The van der Waals surface area contributed by atoms with Crippen molar-refractivity contribution < 1.29 is 142 Å². The molecule has 5 aliphatic heterocycles. The zero-order valence-corrected chi connectivity index (χ0v) is 60.8. The van der Waals surface area contributed by atoms with Crippen molar-refractivity contribution in [3.63, 3.8) is 0 Å². The number of methoxy groups -OCH3 is 1. The second-order valence-corrected chi connectivity index (χ2v) is 32.6. The molecule has 5 saturated heterocycles. The van der Waals surface area contributed by atoms with E-state index in [1.807, 2.05) is 19.1 Å². The molecular weight excluding hydrogens is 1350 g/mol. The van der Waals surface area contributed by atoms with E-state index >= 15 is 4.79 Å². The van der Waals surface area contributed by atoms with Gasteiger partial charge in [0.05, 0.1) is 55.1 Å². The van der Waals surface area contributed by atoms with Crippen LogP contribution in [0.25, 0.3) is 6.08 Å². The summed E-state index contributed by atoms with van der Waals surface area (Å²) in [6, 6.07) is 7.34. The van der Waals surface area contributed by atoms with E-state index in [1.54, 1.807) is 32.9 Å². The molecule has 29 nitrogen and oxygen atoms in total. The molecule has 578 valence electrons. The first-order chi connectivity index (χ1) is 48.5. The quantitative estimate of drug-likeness (QED) is 0.0181. The zero-order valence-electron chi connectivity index (χ0n) is 60.8. The number of hydrogen-bond donors (Lipinski definition) is 10. The second-order valence-electron chi connectivity index (χ2n) is 32.6. The third kappa shape index (κ3) is 14.3. The second kappa shape index (κ2) is 30.5. The van der Waals surface area contributed by atoms with Crippen molar-refractivity contribution in [2.75, 3.05) is 13.7 Å². The van der Waals surface area contributed by atoms with Crippen molar-refractivity contribution in [1.29, 1.82) is 0 Å². The SMILES string of the molecule is CCC(C)C(O)C(O)C1OOC2C(C(=O)OC)OC(O[C@H]3CC[C@]4(C)[C@H]5C=CC6[C@@H]7CC(C)(C)CC[C@]7(C(=O)OC7OC(C)C(OC(=O)/C=C\c8ccc(C)cc8)C(OC(C)=O)C7OC7OC(C)C(O)C(O)C7O)[C@H](O)C[C@@]6(C)[C@]5(C)CC[C@H]4[C@]3(C)C=O)C(OC3OC(CO)C(O)C(O)C3O)C2O1. The Morgan fingerprint density at radius 3 is 1.98 bits per heavy atom. The normalized spacial score (nSPS) is 47.3. The zero-order chi connectivity index (χ0) is 75.1. The third-order valence-corrected chi connectivity index (χ3v) is 25.9. The van der Waals surface area contributed by atoms with Crippen molar-refractivity contribution in [2.24, 2.45) is 62.1 Å². The number of aliphatic hydroxyl groups excluding tert-OH is 10. The fourth-order valence-electron chi connectivity index (χ4n) is 19.4. The highest BCUT2D eigenvalue weighted by molar-refractivity contribution is 5.87. The van der Waals surface area contributed by atoms with Gasteiger partial charge in [0, 0.05) is 13.0 Å². The molecule has 5 heterocycles. The van der Waals surface area contributed by atoms with Crippen molar-refractivity contribution in [2.45, 2.75) is 294 Å². The van der Waals surface area contributed by atoms with Gasteiger partial charge in [0.1, 0.15) is 67.3 Å². The molecule has 5 aliphatic carbocycles. The molecule has 0 amide bonds. The molecule has 0 spiro atoms. The Kier molecular flexibility index (Phi) is 23.5. The van der Waals surface area contributed by atoms with E-state index in [1.165, 1.54) is 26.0 Å². The van der Waals surface area contributed by atoms with Crippen LogP contribution in [0, 0.1) is 69.0 Å². The van der Waals surface area contributed by atoms with Crippen LogP contribution in [0.4, 0.5) is 0 Å². The van der Waals surface area contributed by atoms with Crippen molar-refractivity contribution in [3.8, 4) is 0 Å². The topological polar surface area (TPSA) is 417 Å². The van der Waals surface area contributed by atoms with Gasteiger partial charge in [-0.2, -0.15) is 0 Å². The Hall–Kier alpha value is -4.55. The number of hydrogen-bond acceptors (Lipinski definition) is 29. The molecule has 1 aromatic rings. The predicted molar refractivity (Wildman–Crippen MR) is 354 cm³/mol. The summed E-state index contributed by atoms with van der Waals surface area (Å²) in [7, 11) is 1.10. The molecule has 103 heavy (non-hydrogen) atoms. The molecule has 4 saturated carbocycles. The van der Waals surface area contributed by atoms with Crippen molar-refractivity contribution in [1.82, 2.24) is 0 Å². The molecular formula is C74H108O29. The lowest BCUT2D eigenvalue weighted by Crippen LogP contribution is -2.71. The fraction of sp³-hybridized carbons (Fsp3) is 0.797. The van der Waals surface area contributed by atoms with Crippen LogP contribution >= 0.6 is 0 Å². The Morgan fingerprint density at radius 2 is 1.33 bits per heavy atom. The lowest BCUT2D eigenvalue weighted by Gasteiger charge is -2.72. The van der Waals surface area contributed by atoms with E-state index in [9.17, 15) is 70.2 Å². The highest BCUT2D eigenvalue weighted by atomic mass is 17.2. The molecule has 0 radical (unpaired) electrons. The van der Waals surface area contributed by atoms with Gasteiger partial charge in [0.2, 0.25) is 12.6 Å². The van der Waals surface area contributed by atoms with Gasteiger partial charge in [-0.15, -0.1) is 0 Å². The van der Waals surface area contributed by atoms with E-state index in [2.05, 4.69) is 46.8 Å². The van der Waals surface area contributed by atoms with Gasteiger partial charge in [-0.1, -0.05) is 104 Å². The monoisotopic (exact) mass is 1460 g/mol. The van der Waals surface area contributed by atoms with Crippen LogP contribution in [-0.4, -0.2) is 248 Å². The number of rotatable bonds is 19. The Labute approximate surface area is 599 Å². The molecule has 10 N–H and O–H groups in total. The highest BCUT2D eigenvalue weighted by Gasteiger charge is 2.74. The summed E-state index contributed by atoms with van der Waals surface area (Å²) in [6.07, 6.45) is -29.2. The van der Waals surface area contributed by atoms with Gasteiger partial charge in [-0.25, -0.2) is 19.4 Å². The maximum absolute atomic E-state index is 16.0. The molecule has 25 unspecified atom stereocenters. The number of benzene rings is 1. The van der Waals surface area contributed by atoms with E-state index in [0.717, 1.165) is 25.9 Å². The minimum atomic E-state index is -1.97. The van der Waals surface area contributed by atoms with Gasteiger partial charge < -0.3 is 113 Å². The summed E-state index contributed by atoms with van der Waals surface area (Å²) < 4.78 is 74.6. The van der Waals surface area contributed by atoms with Crippen LogP contribution in [0.1, 0.15) is 145 Å². The number of allylic oxidation sites excluding steroid dienone is 2. The number of ether oxygens (including phenoxy) is 12. The molecule has 0 bridgehead atoms. The van der Waals surface area contributed by atoms with Gasteiger partial charge in [0.25, 0.3) is 0 Å². The average molecular weight is 1460 g/mol. The first-order valence-corrected chi connectivity index (χ1v) is 36.3. The van der Waals surface area contributed by atoms with Gasteiger partial charge in [-0.05, 0) is 135 Å². The van der Waals surface area contributed by atoms with Crippen LogP contribution in [0.3, 0.4) is 0 Å². The summed E-state index contributed by atoms with van der Waals surface area (Å²) in [5.41, 5.74) is -3.70. The van der Waals surface area contributed by atoms with Gasteiger partial charge in [-0.3, -0.25) is 9.59 Å². The van der Waals surface area contributed by atoms with Crippen LogP contribution < -0.4 is 0 Å². The Balaban J connectivity index is 0.895. The number of esters is 4. The smallest absolute Gasteiger partial charge is 0.338 e. The standard InChI is InChI=1S/C74H108O29/c1-14-34(3)47(80)52(85)65-97-57-58(102-103-65)59(62(88)90-13)98-67(61(57)100-64-54(87)51(84)49(82)41(31-75)94-64)95-45-24-25-70(9)42(71(45,10)32-76)23-26-72(11)43(70)21-20-39-40-29-69(7,8)27-28-74(40,44(78)30-73(39,72)12)68(89)101-66-60(99-63-53(86)50(83)48(81)35(4)91-63)56(93-37(6)77)55(36(5)92-66)96-46(79)22-19-38-17-15-33(2)16-18-38/h15-22,32,34-36,39-45,47-61,63-67,75,78,80-87H,14,23-31H2,1-13H3/b22-19-/t34?,35?,36?,39?,40-,41?,42+,43+,44+,45-,47?,48?,49?,50?,51?,52?,53?,54?,55?,56?,57?,58?,59?,60?,61?,63?,64?,65?,66?,67?,70-,71-,72+,73+,74+/m0/s1. The maximum atomic E-state index is 16.0. The van der Waals surface area contributed by atoms with E-state index in [4.69, 9.17) is 66.6 Å². The minimum Gasteiger partial charge on any atom is -0.467 e. The molecule has 11 rings (SSSR count). The number of aldehydes is 1. The molecule has 1 aromatic carbocycles. The molecule has 0 aromatic heterocycles. The van der Waals surface area contributed by atoms with E-state index < -0.39 is 229 Å². The number of carbonyl (C=O) groups is 5. The Bertz CT molecular complexity index is 3240. The highest BCUT2D eigenvalue weighted by Crippen LogP contribution is 2.76. The third-order valence-electron chi connectivity index (χ3n) is 25.9. The van der Waals surface area contributed by atoms with Crippen molar-refractivity contribution >= 4 is 36.2 Å². The van der Waals surface area contributed by atoms with Crippen LogP contribution in [-0.2, 0) is 90.6 Å². The summed E-state index contributed by atoms with van der Waals surface area (Å²) in [5, 5.41) is 112. The number of aryl methyl sites for hydroxylation is 1. The fourth-order valence-corrected chi connectivity index (χ4v) is 19.4. The number of fused-ring (bicyclic) bond motifs is 8. The predicted octanol–water partition coefficient (Wildman–Crippen LogP) is 2.44. The average Bonchev–Trinajstić information content (AvgIpc) is 0.670. The first kappa shape index (κ1) is 79.5. The largest absolute Gasteiger partial charge is 0.467 e. The Morgan fingerprint density at radius 1 is 0.670 bits per heavy atom. The van der Waals surface area contributed by atoms with Gasteiger partial charge in [0.15, 0.2) is 49.4 Å².